The molecule has 28 heavy (non-hydrogen) atoms. The molecule has 2 aromatic rings. The van der Waals surface area contributed by atoms with Gasteiger partial charge in [-0.05, 0) is 42.7 Å². The van der Waals surface area contributed by atoms with Crippen LogP contribution in [0.4, 0.5) is 4.39 Å². The van der Waals surface area contributed by atoms with Crippen LogP contribution in [0.5, 0.6) is 5.75 Å². The van der Waals surface area contributed by atoms with Crippen LogP contribution >= 0.6 is 0 Å². The normalized spacial score (nSPS) is 16.7. The predicted octanol–water partition coefficient (Wildman–Crippen LogP) is 2.99. The second-order valence-corrected chi connectivity index (χ2v) is 8.31. The molecule has 1 saturated heterocycles. The molecular formula is C20H22FNO5S. The molecule has 8 heteroatoms. The second kappa shape index (κ2) is 8.70. The Balaban J connectivity index is 1.78. The summed E-state index contributed by atoms with van der Waals surface area (Å²) < 4.78 is 47.0. The van der Waals surface area contributed by atoms with Crippen molar-refractivity contribution in [1.29, 1.82) is 0 Å². The Morgan fingerprint density at radius 3 is 2.54 bits per heavy atom. The first-order valence-corrected chi connectivity index (χ1v) is 10.8. The van der Waals surface area contributed by atoms with Crippen molar-refractivity contribution in [2.45, 2.75) is 25.5 Å². The van der Waals surface area contributed by atoms with Gasteiger partial charge in [-0.3, -0.25) is 4.79 Å². The van der Waals surface area contributed by atoms with Crippen LogP contribution in [0, 0.1) is 5.82 Å². The van der Waals surface area contributed by atoms with Gasteiger partial charge in [-0.1, -0.05) is 24.3 Å². The van der Waals surface area contributed by atoms with Crippen LogP contribution in [0.25, 0.3) is 0 Å². The highest BCUT2D eigenvalue weighted by molar-refractivity contribution is 7.86. The minimum Gasteiger partial charge on any atom is -0.383 e. The van der Waals surface area contributed by atoms with E-state index in [4.69, 9.17) is 8.92 Å². The number of benzene rings is 2. The van der Waals surface area contributed by atoms with E-state index < -0.39 is 21.8 Å². The highest BCUT2D eigenvalue weighted by Crippen LogP contribution is 2.20. The minimum absolute atomic E-state index is 0.0116. The molecule has 1 aliphatic heterocycles. The van der Waals surface area contributed by atoms with Crippen LogP contribution in [-0.4, -0.2) is 44.7 Å². The average Bonchev–Trinajstić information content (AvgIpc) is 3.14. The van der Waals surface area contributed by atoms with Gasteiger partial charge in [0.05, 0.1) is 17.9 Å². The lowest BCUT2D eigenvalue weighted by Crippen LogP contribution is -2.37. The van der Waals surface area contributed by atoms with Gasteiger partial charge in [0.25, 0.3) is 5.91 Å². The van der Waals surface area contributed by atoms with Gasteiger partial charge in [-0.15, -0.1) is 0 Å². The maximum atomic E-state index is 14.1. The number of rotatable bonds is 7. The molecule has 1 unspecified atom stereocenters. The molecule has 1 aliphatic rings. The quantitative estimate of drug-likeness (QED) is 0.660. The highest BCUT2D eigenvalue weighted by atomic mass is 32.2. The van der Waals surface area contributed by atoms with Crippen molar-refractivity contribution in [2.75, 3.05) is 19.4 Å². The largest absolute Gasteiger partial charge is 0.383 e. The number of nitrogens with zero attached hydrogens (tertiary/aromatic N) is 1. The Bertz CT molecular complexity index is 924. The van der Waals surface area contributed by atoms with Crippen molar-refractivity contribution in [1.82, 2.24) is 4.90 Å². The Labute approximate surface area is 164 Å². The predicted molar refractivity (Wildman–Crippen MR) is 102 cm³/mol. The number of amides is 1. The van der Waals surface area contributed by atoms with Gasteiger partial charge in [-0.25, -0.2) is 4.39 Å². The van der Waals surface area contributed by atoms with Crippen molar-refractivity contribution in [2.24, 2.45) is 0 Å². The maximum Gasteiger partial charge on any atom is 0.306 e. The van der Waals surface area contributed by atoms with Crippen LogP contribution in [0.3, 0.4) is 0 Å². The van der Waals surface area contributed by atoms with E-state index in [1.165, 1.54) is 30.3 Å². The van der Waals surface area contributed by atoms with Gasteiger partial charge in [0, 0.05) is 19.7 Å². The molecule has 3 rings (SSSR count). The molecular weight excluding hydrogens is 385 g/mol. The van der Waals surface area contributed by atoms with Crippen molar-refractivity contribution in [3.05, 3.63) is 65.5 Å². The van der Waals surface area contributed by atoms with E-state index in [1.807, 2.05) is 0 Å². The number of hydrogen-bond acceptors (Lipinski definition) is 5. The van der Waals surface area contributed by atoms with E-state index in [2.05, 4.69) is 0 Å². The number of halogens is 1. The van der Waals surface area contributed by atoms with E-state index in [-0.39, 0.29) is 24.0 Å². The lowest BCUT2D eigenvalue weighted by molar-refractivity contribution is 0.0504. The summed E-state index contributed by atoms with van der Waals surface area (Å²) in [6, 6.07) is 12.3. The molecule has 0 saturated carbocycles. The standard InChI is InChI=1S/C20H22FNO5S/c1-28(24,25)27-16-10-8-15(9-11-16)13-22(14-17-5-4-12-26-17)20(23)18-6-2-3-7-19(18)21/h2-3,6-11,17H,4-5,12-14H2,1H3. The summed E-state index contributed by atoms with van der Waals surface area (Å²) in [7, 11) is -3.61. The third-order valence-corrected chi connectivity index (χ3v) is 4.88. The minimum atomic E-state index is -3.61. The summed E-state index contributed by atoms with van der Waals surface area (Å²) in [5, 5.41) is 0. The third kappa shape index (κ3) is 5.53. The first-order valence-electron chi connectivity index (χ1n) is 8.95. The van der Waals surface area contributed by atoms with Crippen LogP contribution in [0.15, 0.2) is 48.5 Å². The summed E-state index contributed by atoms with van der Waals surface area (Å²) in [4.78, 5) is 14.5. The monoisotopic (exact) mass is 407 g/mol. The van der Waals surface area contributed by atoms with E-state index in [0.717, 1.165) is 24.7 Å². The fourth-order valence-electron chi connectivity index (χ4n) is 3.10. The van der Waals surface area contributed by atoms with Crippen molar-refractivity contribution in [3.8, 4) is 5.75 Å². The Morgan fingerprint density at radius 1 is 1.21 bits per heavy atom. The molecule has 0 aromatic heterocycles. The van der Waals surface area contributed by atoms with Crippen LogP contribution < -0.4 is 4.18 Å². The molecule has 0 radical (unpaired) electrons. The molecule has 0 N–H and O–H groups in total. The van der Waals surface area contributed by atoms with Gasteiger partial charge in [0.2, 0.25) is 0 Å². The molecule has 1 fully saturated rings. The fourth-order valence-corrected chi connectivity index (χ4v) is 3.56. The maximum absolute atomic E-state index is 14.1. The van der Waals surface area contributed by atoms with Gasteiger partial charge >= 0.3 is 10.1 Å². The zero-order chi connectivity index (χ0) is 20.1. The average molecular weight is 407 g/mol. The van der Waals surface area contributed by atoms with Crippen molar-refractivity contribution in [3.63, 3.8) is 0 Å². The molecule has 6 nitrogen and oxygen atoms in total. The molecule has 0 bridgehead atoms. The highest BCUT2D eigenvalue weighted by Gasteiger charge is 2.25. The topological polar surface area (TPSA) is 72.9 Å². The molecule has 2 aromatic carbocycles. The summed E-state index contributed by atoms with van der Waals surface area (Å²) >= 11 is 0. The van der Waals surface area contributed by atoms with Crippen molar-refractivity contribution >= 4 is 16.0 Å². The lowest BCUT2D eigenvalue weighted by atomic mass is 10.1. The molecule has 0 spiro atoms. The summed E-state index contributed by atoms with van der Waals surface area (Å²) in [5.41, 5.74) is 0.779. The fraction of sp³-hybridized carbons (Fsp3) is 0.350. The third-order valence-electron chi connectivity index (χ3n) is 4.38. The Kier molecular flexibility index (Phi) is 6.31. The number of carbonyl (C=O) groups is 1. The zero-order valence-electron chi connectivity index (χ0n) is 15.5. The summed E-state index contributed by atoms with van der Waals surface area (Å²) in [6.45, 7) is 1.25. The van der Waals surface area contributed by atoms with Gasteiger partial charge in [0.15, 0.2) is 0 Å². The SMILES string of the molecule is CS(=O)(=O)Oc1ccc(CN(CC2CCCO2)C(=O)c2ccccc2F)cc1. The summed E-state index contributed by atoms with van der Waals surface area (Å²) in [6.07, 6.45) is 2.67. The van der Waals surface area contributed by atoms with E-state index in [9.17, 15) is 17.6 Å². The molecule has 1 heterocycles. The molecule has 1 atom stereocenters. The van der Waals surface area contributed by atoms with Crippen molar-refractivity contribution < 1.29 is 26.5 Å². The zero-order valence-corrected chi connectivity index (χ0v) is 16.3. The van der Waals surface area contributed by atoms with Crippen LogP contribution in [-0.2, 0) is 21.4 Å². The molecule has 1 amide bonds. The van der Waals surface area contributed by atoms with Gasteiger partial charge in [0.1, 0.15) is 11.6 Å². The summed E-state index contributed by atoms with van der Waals surface area (Å²) in [5.74, 6) is -0.788. The Hall–Kier alpha value is -2.45. The number of ether oxygens (including phenoxy) is 1. The van der Waals surface area contributed by atoms with Crippen LogP contribution in [0.1, 0.15) is 28.8 Å². The number of carbonyl (C=O) groups excluding carboxylic acids is 1. The first-order chi connectivity index (χ1) is 13.3. The molecule has 150 valence electrons. The van der Waals surface area contributed by atoms with Crippen LogP contribution in [0.2, 0.25) is 0 Å². The number of hydrogen-bond donors (Lipinski definition) is 0. The lowest BCUT2D eigenvalue weighted by Gasteiger charge is -2.26. The Morgan fingerprint density at radius 2 is 1.93 bits per heavy atom. The van der Waals surface area contributed by atoms with E-state index in [0.29, 0.717) is 13.2 Å². The van der Waals surface area contributed by atoms with E-state index in [1.54, 1.807) is 23.1 Å². The molecule has 0 aliphatic carbocycles. The smallest absolute Gasteiger partial charge is 0.306 e. The van der Waals surface area contributed by atoms with E-state index >= 15 is 0 Å². The van der Waals surface area contributed by atoms with Gasteiger partial charge < -0.3 is 13.8 Å². The van der Waals surface area contributed by atoms with Gasteiger partial charge in [-0.2, -0.15) is 8.42 Å². The first kappa shape index (κ1) is 20.3. The second-order valence-electron chi connectivity index (χ2n) is 6.73.